The van der Waals surface area contributed by atoms with Gasteiger partial charge >= 0.3 is 0 Å². The van der Waals surface area contributed by atoms with Crippen LogP contribution in [0.2, 0.25) is 0 Å². The molecule has 0 bridgehead atoms. The molecule has 0 spiro atoms. The van der Waals surface area contributed by atoms with Crippen LogP contribution in [0.3, 0.4) is 0 Å². The second kappa shape index (κ2) is 4.99. The molecule has 0 heterocycles. The summed E-state index contributed by atoms with van der Waals surface area (Å²) in [5.74, 6) is -7.56. The van der Waals surface area contributed by atoms with Crippen molar-refractivity contribution in [1.82, 2.24) is 0 Å². The Morgan fingerprint density at radius 2 is 1.11 bits per heavy atom. The van der Waals surface area contributed by atoms with Crippen molar-refractivity contribution in [3.63, 3.8) is 0 Å². The lowest BCUT2D eigenvalue weighted by atomic mass is 9.63. The number of hydrogen-bond donors (Lipinski definition) is 0. The molecule has 0 aliphatic carbocycles. The van der Waals surface area contributed by atoms with Gasteiger partial charge in [-0.1, -0.05) is 0 Å². The van der Waals surface area contributed by atoms with Gasteiger partial charge in [-0.3, -0.25) is 0 Å². The molecule has 2 rings (SSSR count). The summed E-state index contributed by atoms with van der Waals surface area (Å²) in [5.41, 5.74) is -1.22. The molecule has 7 heteroatoms. The second-order valence-corrected chi connectivity index (χ2v) is 3.89. The van der Waals surface area contributed by atoms with Crippen molar-refractivity contribution in [2.75, 3.05) is 0 Å². The standard InChI is InChI=1S/C12H5BF6/c14-5-1-7(12(19)10(18)4-5)13-11-8(16)2-6(15)3-9(11)17/h1-4,13H. The average molecular weight is 274 g/mol. The van der Waals surface area contributed by atoms with Crippen molar-refractivity contribution >= 4 is 18.2 Å². The third-order valence-electron chi connectivity index (χ3n) is 2.54. The summed E-state index contributed by atoms with van der Waals surface area (Å²) in [4.78, 5) is 0. The van der Waals surface area contributed by atoms with E-state index in [1.807, 2.05) is 0 Å². The van der Waals surface area contributed by atoms with E-state index in [0.717, 1.165) is 0 Å². The molecule has 0 amide bonds. The lowest BCUT2D eigenvalue weighted by Gasteiger charge is -2.06. The lowest BCUT2D eigenvalue weighted by Crippen LogP contribution is -2.35. The summed E-state index contributed by atoms with van der Waals surface area (Å²) in [6.45, 7) is 0. The number of benzene rings is 2. The Labute approximate surface area is 104 Å². The fourth-order valence-electron chi connectivity index (χ4n) is 1.67. The Balaban J connectivity index is 2.48. The Kier molecular flexibility index (Phi) is 3.55. The van der Waals surface area contributed by atoms with E-state index in [0.29, 0.717) is 24.3 Å². The van der Waals surface area contributed by atoms with Crippen LogP contribution in [0.15, 0.2) is 24.3 Å². The zero-order valence-electron chi connectivity index (χ0n) is 9.28. The minimum Gasteiger partial charge on any atom is -0.207 e. The molecule has 0 nitrogen and oxygen atoms in total. The molecule has 0 atom stereocenters. The largest absolute Gasteiger partial charge is 0.207 e. The van der Waals surface area contributed by atoms with E-state index in [4.69, 9.17) is 0 Å². The van der Waals surface area contributed by atoms with Crippen LogP contribution in [-0.2, 0) is 0 Å². The third-order valence-corrected chi connectivity index (χ3v) is 2.54. The van der Waals surface area contributed by atoms with Gasteiger partial charge in [0, 0.05) is 18.2 Å². The highest BCUT2D eigenvalue weighted by Gasteiger charge is 2.18. The molecule has 2 aromatic rings. The Morgan fingerprint density at radius 3 is 1.68 bits per heavy atom. The minimum atomic E-state index is -1.46. The van der Waals surface area contributed by atoms with E-state index in [2.05, 4.69) is 0 Å². The first-order valence-corrected chi connectivity index (χ1v) is 5.15. The van der Waals surface area contributed by atoms with Crippen LogP contribution in [0.1, 0.15) is 0 Å². The van der Waals surface area contributed by atoms with Crippen LogP contribution in [0.4, 0.5) is 26.3 Å². The molecular formula is C12H5BF6. The molecule has 0 aliphatic rings. The fourth-order valence-corrected chi connectivity index (χ4v) is 1.67. The van der Waals surface area contributed by atoms with E-state index >= 15 is 0 Å². The Bertz CT molecular complexity index is 617. The van der Waals surface area contributed by atoms with Crippen molar-refractivity contribution in [3.8, 4) is 0 Å². The number of halogens is 6. The van der Waals surface area contributed by atoms with E-state index in [1.165, 1.54) is 0 Å². The quantitative estimate of drug-likeness (QED) is 0.446. The van der Waals surface area contributed by atoms with Crippen LogP contribution >= 0.6 is 0 Å². The van der Waals surface area contributed by atoms with Crippen molar-refractivity contribution in [3.05, 3.63) is 59.2 Å². The molecule has 0 fully saturated rings. The van der Waals surface area contributed by atoms with Gasteiger partial charge in [0.15, 0.2) is 11.6 Å². The van der Waals surface area contributed by atoms with E-state index in [1.54, 1.807) is 0 Å². The smallest absolute Gasteiger partial charge is 0.204 e. The first-order valence-electron chi connectivity index (χ1n) is 5.15. The maximum Gasteiger partial charge on any atom is 0.204 e. The van der Waals surface area contributed by atoms with Gasteiger partial charge in [0.05, 0.1) is 0 Å². The van der Waals surface area contributed by atoms with Gasteiger partial charge in [0.2, 0.25) is 7.28 Å². The van der Waals surface area contributed by atoms with Gasteiger partial charge in [-0.2, -0.15) is 0 Å². The van der Waals surface area contributed by atoms with Crippen molar-refractivity contribution < 1.29 is 26.3 Å². The van der Waals surface area contributed by atoms with E-state index in [-0.39, 0.29) is 0 Å². The highest BCUT2D eigenvalue weighted by molar-refractivity contribution is 6.67. The van der Waals surface area contributed by atoms with Crippen molar-refractivity contribution in [1.29, 1.82) is 0 Å². The van der Waals surface area contributed by atoms with Crippen LogP contribution in [0, 0.1) is 34.9 Å². The predicted octanol–water partition coefficient (Wildman–Crippen LogP) is 1.91. The summed E-state index contributed by atoms with van der Waals surface area (Å²) in [7, 11) is -0.724. The summed E-state index contributed by atoms with van der Waals surface area (Å²) in [6, 6.07) is 1.76. The fraction of sp³-hybridized carbons (Fsp3) is 0. The highest BCUT2D eigenvalue weighted by atomic mass is 19.2. The molecule has 0 aliphatic heterocycles. The summed E-state index contributed by atoms with van der Waals surface area (Å²) < 4.78 is 78.6. The molecule has 98 valence electrons. The third kappa shape index (κ3) is 2.75. The maximum absolute atomic E-state index is 13.3. The summed E-state index contributed by atoms with van der Waals surface area (Å²) in [6.07, 6.45) is 0. The predicted molar refractivity (Wildman–Crippen MR) is 59.0 cm³/mol. The van der Waals surface area contributed by atoms with Gasteiger partial charge in [0.1, 0.15) is 23.3 Å². The molecule has 0 N–H and O–H groups in total. The monoisotopic (exact) mass is 274 g/mol. The Morgan fingerprint density at radius 1 is 0.632 bits per heavy atom. The van der Waals surface area contributed by atoms with Crippen LogP contribution < -0.4 is 10.9 Å². The lowest BCUT2D eigenvalue weighted by molar-refractivity contribution is 0.500. The zero-order valence-corrected chi connectivity index (χ0v) is 9.28. The Hall–Kier alpha value is -1.92. The van der Waals surface area contributed by atoms with Crippen LogP contribution in [-0.4, -0.2) is 7.28 Å². The summed E-state index contributed by atoms with van der Waals surface area (Å²) in [5, 5.41) is 0. The van der Waals surface area contributed by atoms with Gasteiger partial charge in [-0.25, -0.2) is 26.3 Å². The molecule has 0 radical (unpaired) electrons. The SMILES string of the molecule is Fc1cc(F)c(Bc2cc(F)cc(F)c2F)c(F)c1. The first-order chi connectivity index (χ1) is 8.88. The van der Waals surface area contributed by atoms with E-state index in [9.17, 15) is 26.3 Å². The van der Waals surface area contributed by atoms with Crippen molar-refractivity contribution in [2.24, 2.45) is 0 Å². The van der Waals surface area contributed by atoms with Crippen molar-refractivity contribution in [2.45, 2.75) is 0 Å². The molecule has 2 aromatic carbocycles. The van der Waals surface area contributed by atoms with Gasteiger partial charge in [-0.05, 0) is 17.0 Å². The summed E-state index contributed by atoms with van der Waals surface area (Å²) >= 11 is 0. The molecule has 0 saturated carbocycles. The molecule has 0 aromatic heterocycles. The van der Waals surface area contributed by atoms with Crippen LogP contribution in [0.5, 0.6) is 0 Å². The first kappa shape index (κ1) is 13.5. The van der Waals surface area contributed by atoms with Gasteiger partial charge < -0.3 is 0 Å². The molecular weight excluding hydrogens is 269 g/mol. The average Bonchev–Trinajstić information content (AvgIpc) is 2.29. The zero-order chi connectivity index (χ0) is 14.2. The number of rotatable bonds is 2. The highest BCUT2D eigenvalue weighted by Crippen LogP contribution is 2.07. The maximum atomic E-state index is 13.3. The molecule has 0 saturated heterocycles. The van der Waals surface area contributed by atoms with E-state index < -0.39 is 53.1 Å². The number of hydrogen-bond acceptors (Lipinski definition) is 0. The molecule has 19 heavy (non-hydrogen) atoms. The van der Waals surface area contributed by atoms with Gasteiger partial charge in [-0.15, -0.1) is 0 Å². The van der Waals surface area contributed by atoms with Gasteiger partial charge in [0.25, 0.3) is 0 Å². The van der Waals surface area contributed by atoms with Crippen LogP contribution in [0.25, 0.3) is 0 Å². The topological polar surface area (TPSA) is 0 Å². The minimum absolute atomic E-state index is 0.316. The molecule has 0 unspecified atom stereocenters. The second-order valence-electron chi connectivity index (χ2n) is 3.89. The normalized spacial score (nSPS) is 10.6.